The molecule has 2 atom stereocenters. The monoisotopic (exact) mass is 287 g/mol. The van der Waals surface area contributed by atoms with E-state index in [1.54, 1.807) is 0 Å². The van der Waals surface area contributed by atoms with Crippen LogP contribution in [0.3, 0.4) is 0 Å². The SMILES string of the molecule is COC(=O)C1CN(c2ccc(C(F)(F)F)cc2)CC1C. The topological polar surface area (TPSA) is 29.5 Å². The van der Waals surface area contributed by atoms with Gasteiger partial charge in [-0.3, -0.25) is 4.79 Å². The molecule has 3 nitrogen and oxygen atoms in total. The van der Waals surface area contributed by atoms with Crippen molar-refractivity contribution in [3.8, 4) is 0 Å². The van der Waals surface area contributed by atoms with Crippen LogP contribution in [0.25, 0.3) is 0 Å². The third-order valence-corrected chi connectivity index (χ3v) is 3.68. The summed E-state index contributed by atoms with van der Waals surface area (Å²) in [4.78, 5) is 13.5. The smallest absolute Gasteiger partial charge is 0.416 e. The van der Waals surface area contributed by atoms with Crippen LogP contribution < -0.4 is 4.90 Å². The molecule has 0 bridgehead atoms. The van der Waals surface area contributed by atoms with Gasteiger partial charge in [-0.05, 0) is 30.2 Å². The van der Waals surface area contributed by atoms with E-state index in [2.05, 4.69) is 0 Å². The quantitative estimate of drug-likeness (QED) is 0.783. The molecule has 0 aliphatic carbocycles. The van der Waals surface area contributed by atoms with Crippen molar-refractivity contribution in [1.82, 2.24) is 0 Å². The maximum Gasteiger partial charge on any atom is 0.416 e. The van der Waals surface area contributed by atoms with Crippen LogP contribution in [0, 0.1) is 11.8 Å². The summed E-state index contributed by atoms with van der Waals surface area (Å²) in [5.41, 5.74) is 0.0225. The van der Waals surface area contributed by atoms with Gasteiger partial charge in [-0.15, -0.1) is 0 Å². The van der Waals surface area contributed by atoms with Crippen LogP contribution >= 0.6 is 0 Å². The molecular formula is C14H16F3NO2. The Morgan fingerprint density at radius 1 is 1.25 bits per heavy atom. The summed E-state index contributed by atoms with van der Waals surface area (Å²) < 4.78 is 42.2. The van der Waals surface area contributed by atoms with E-state index in [1.165, 1.54) is 19.2 Å². The fraction of sp³-hybridized carbons (Fsp3) is 0.500. The molecule has 0 spiro atoms. The van der Waals surface area contributed by atoms with Crippen molar-refractivity contribution in [2.24, 2.45) is 11.8 Å². The third-order valence-electron chi connectivity index (χ3n) is 3.68. The Morgan fingerprint density at radius 2 is 1.85 bits per heavy atom. The van der Waals surface area contributed by atoms with Crippen molar-refractivity contribution < 1.29 is 22.7 Å². The molecule has 0 N–H and O–H groups in total. The molecule has 0 aromatic heterocycles. The average molecular weight is 287 g/mol. The van der Waals surface area contributed by atoms with Gasteiger partial charge >= 0.3 is 12.1 Å². The van der Waals surface area contributed by atoms with Gasteiger partial charge in [-0.2, -0.15) is 13.2 Å². The Bertz CT molecular complexity index is 484. The predicted molar refractivity (Wildman–Crippen MR) is 68.3 cm³/mol. The highest BCUT2D eigenvalue weighted by Gasteiger charge is 2.36. The number of carbonyl (C=O) groups is 1. The van der Waals surface area contributed by atoms with Crippen molar-refractivity contribution in [3.05, 3.63) is 29.8 Å². The molecule has 0 saturated carbocycles. The summed E-state index contributed by atoms with van der Waals surface area (Å²) in [5, 5.41) is 0. The third kappa shape index (κ3) is 2.89. The summed E-state index contributed by atoms with van der Waals surface area (Å²) in [5.74, 6) is -0.390. The van der Waals surface area contributed by atoms with Gasteiger partial charge in [-0.25, -0.2) is 0 Å². The molecule has 1 aromatic rings. The molecule has 2 unspecified atom stereocenters. The number of alkyl halides is 3. The Morgan fingerprint density at radius 3 is 2.35 bits per heavy atom. The van der Waals surface area contributed by atoms with Crippen LogP contribution in [0.5, 0.6) is 0 Å². The molecule has 1 saturated heterocycles. The molecule has 1 aliphatic heterocycles. The molecular weight excluding hydrogens is 271 g/mol. The standard InChI is InChI=1S/C14H16F3NO2/c1-9-7-18(8-12(9)13(19)20-2)11-5-3-10(4-6-11)14(15,16)17/h3-6,9,12H,7-8H2,1-2H3. The lowest BCUT2D eigenvalue weighted by atomic mass is 9.99. The first-order valence-electron chi connectivity index (χ1n) is 6.33. The minimum Gasteiger partial charge on any atom is -0.469 e. The van der Waals surface area contributed by atoms with Crippen LogP contribution in [-0.2, 0) is 15.7 Å². The number of carbonyl (C=O) groups excluding carboxylic acids is 1. The van der Waals surface area contributed by atoms with E-state index in [4.69, 9.17) is 4.74 Å². The number of halogens is 3. The van der Waals surface area contributed by atoms with E-state index in [-0.39, 0.29) is 17.8 Å². The van der Waals surface area contributed by atoms with Gasteiger partial charge in [0, 0.05) is 18.8 Å². The zero-order chi connectivity index (χ0) is 14.9. The lowest BCUT2D eigenvalue weighted by Gasteiger charge is -2.19. The van der Waals surface area contributed by atoms with E-state index >= 15 is 0 Å². The Hall–Kier alpha value is -1.72. The van der Waals surface area contributed by atoms with Crippen LogP contribution in [0.4, 0.5) is 18.9 Å². The summed E-state index contributed by atoms with van der Waals surface area (Å²) in [6, 6.07) is 5.00. The molecule has 20 heavy (non-hydrogen) atoms. The number of benzene rings is 1. The van der Waals surface area contributed by atoms with Gasteiger partial charge in [0.1, 0.15) is 0 Å². The zero-order valence-electron chi connectivity index (χ0n) is 11.3. The molecule has 1 aliphatic rings. The molecule has 110 valence electrons. The second-order valence-corrected chi connectivity index (χ2v) is 5.06. The Kier molecular flexibility index (Phi) is 3.92. The highest BCUT2D eigenvalue weighted by atomic mass is 19.4. The summed E-state index contributed by atoms with van der Waals surface area (Å²) in [7, 11) is 1.34. The first-order chi connectivity index (χ1) is 9.32. The minimum atomic E-state index is -4.33. The maximum absolute atomic E-state index is 12.5. The number of hydrogen-bond acceptors (Lipinski definition) is 3. The van der Waals surface area contributed by atoms with E-state index in [9.17, 15) is 18.0 Å². The van der Waals surface area contributed by atoms with Gasteiger partial charge in [0.15, 0.2) is 0 Å². The predicted octanol–water partition coefficient (Wildman–Crippen LogP) is 2.95. The van der Waals surface area contributed by atoms with Crippen molar-refractivity contribution in [3.63, 3.8) is 0 Å². The van der Waals surface area contributed by atoms with Crippen LogP contribution in [0.1, 0.15) is 12.5 Å². The van der Waals surface area contributed by atoms with Crippen LogP contribution in [0.15, 0.2) is 24.3 Å². The van der Waals surface area contributed by atoms with Crippen molar-refractivity contribution in [2.75, 3.05) is 25.1 Å². The number of anilines is 1. The average Bonchev–Trinajstić information content (AvgIpc) is 2.79. The molecule has 0 radical (unpaired) electrons. The molecule has 1 fully saturated rings. The lowest BCUT2D eigenvalue weighted by molar-refractivity contribution is -0.145. The van der Waals surface area contributed by atoms with E-state index in [0.717, 1.165) is 12.1 Å². The van der Waals surface area contributed by atoms with E-state index in [1.807, 2.05) is 11.8 Å². The number of esters is 1. The lowest BCUT2D eigenvalue weighted by Crippen LogP contribution is -2.24. The van der Waals surface area contributed by atoms with Crippen LogP contribution in [0.2, 0.25) is 0 Å². The summed E-state index contributed by atoms with van der Waals surface area (Å²) in [6.07, 6.45) is -4.33. The summed E-state index contributed by atoms with van der Waals surface area (Å²) in [6.45, 7) is 3.04. The van der Waals surface area contributed by atoms with Crippen molar-refractivity contribution in [2.45, 2.75) is 13.1 Å². The molecule has 6 heteroatoms. The van der Waals surface area contributed by atoms with Gasteiger partial charge < -0.3 is 9.64 Å². The second kappa shape index (κ2) is 5.34. The van der Waals surface area contributed by atoms with Crippen molar-refractivity contribution in [1.29, 1.82) is 0 Å². The molecule has 0 amide bonds. The Labute approximate surface area is 115 Å². The largest absolute Gasteiger partial charge is 0.469 e. The fourth-order valence-corrected chi connectivity index (χ4v) is 2.50. The molecule has 2 rings (SSSR count). The molecule has 1 heterocycles. The minimum absolute atomic E-state index is 0.116. The zero-order valence-corrected chi connectivity index (χ0v) is 11.3. The number of nitrogens with zero attached hydrogens (tertiary/aromatic N) is 1. The van der Waals surface area contributed by atoms with Gasteiger partial charge in [0.2, 0.25) is 0 Å². The first-order valence-corrected chi connectivity index (χ1v) is 6.33. The van der Waals surface area contributed by atoms with E-state index in [0.29, 0.717) is 18.8 Å². The van der Waals surface area contributed by atoms with Gasteiger partial charge in [0.05, 0.1) is 18.6 Å². The number of rotatable bonds is 2. The maximum atomic E-state index is 12.5. The number of ether oxygens (including phenoxy) is 1. The first kappa shape index (κ1) is 14.7. The van der Waals surface area contributed by atoms with Crippen LogP contribution in [-0.4, -0.2) is 26.2 Å². The second-order valence-electron chi connectivity index (χ2n) is 5.06. The highest BCUT2D eigenvalue weighted by Crippen LogP contribution is 2.33. The fourth-order valence-electron chi connectivity index (χ4n) is 2.50. The molecule has 1 aromatic carbocycles. The van der Waals surface area contributed by atoms with Gasteiger partial charge in [0.25, 0.3) is 0 Å². The van der Waals surface area contributed by atoms with Gasteiger partial charge in [-0.1, -0.05) is 6.92 Å². The van der Waals surface area contributed by atoms with E-state index < -0.39 is 11.7 Å². The van der Waals surface area contributed by atoms with Crippen molar-refractivity contribution >= 4 is 11.7 Å². The number of methoxy groups -OCH3 is 1. The Balaban J connectivity index is 2.12. The normalized spacial score (nSPS) is 22.9. The number of hydrogen-bond donors (Lipinski definition) is 0. The summed E-state index contributed by atoms with van der Waals surface area (Å²) >= 11 is 0. The highest BCUT2D eigenvalue weighted by molar-refractivity contribution is 5.74.